The summed E-state index contributed by atoms with van der Waals surface area (Å²) in [7, 11) is 0. The Balaban J connectivity index is 1.35. The van der Waals surface area contributed by atoms with Crippen molar-refractivity contribution in [3.8, 4) is 5.69 Å². The topological polar surface area (TPSA) is 73.7 Å². The average Bonchev–Trinajstić information content (AvgIpc) is 3.21. The zero-order chi connectivity index (χ0) is 20.6. The van der Waals surface area contributed by atoms with Crippen molar-refractivity contribution in [3.05, 3.63) is 47.3 Å². The highest BCUT2D eigenvalue weighted by atomic mass is 16.6. The molecular weight excluding hydrogens is 370 g/mol. The molecule has 0 N–H and O–H groups in total. The van der Waals surface area contributed by atoms with Gasteiger partial charge in [-0.2, -0.15) is 5.10 Å². The van der Waals surface area contributed by atoms with E-state index in [1.54, 1.807) is 4.90 Å². The normalized spacial score (nSPS) is 16.3. The van der Waals surface area contributed by atoms with Crippen LogP contribution in [0.2, 0.25) is 0 Å². The third-order valence-electron chi connectivity index (χ3n) is 5.18. The molecule has 0 saturated carbocycles. The van der Waals surface area contributed by atoms with E-state index in [2.05, 4.69) is 5.10 Å². The number of hydrogen-bond donors (Lipinski definition) is 0. The molecule has 0 bridgehead atoms. The van der Waals surface area contributed by atoms with E-state index in [0.717, 1.165) is 36.2 Å². The molecule has 0 radical (unpaired) electrons. The van der Waals surface area contributed by atoms with Crippen molar-refractivity contribution >= 4 is 12.1 Å². The van der Waals surface area contributed by atoms with Gasteiger partial charge in [0.15, 0.2) is 5.69 Å². The SMILES string of the molecule is CC(C)(C)OC(=O)N1CC(COC(=O)c2nn(-c3ccccc3)c3c2CCC3)C1. The largest absolute Gasteiger partial charge is 0.460 e. The Hall–Kier alpha value is -2.83. The first-order valence-electron chi connectivity index (χ1n) is 10.1. The van der Waals surface area contributed by atoms with Gasteiger partial charge in [-0.05, 0) is 52.2 Å². The second-order valence-corrected chi connectivity index (χ2v) is 8.72. The second kappa shape index (κ2) is 7.54. The summed E-state index contributed by atoms with van der Waals surface area (Å²) in [5, 5.41) is 4.56. The lowest BCUT2D eigenvalue weighted by molar-refractivity contribution is -0.0156. The van der Waals surface area contributed by atoms with Crippen LogP contribution in [0.25, 0.3) is 5.69 Å². The molecule has 1 fully saturated rings. The Morgan fingerprint density at radius 2 is 1.86 bits per heavy atom. The third kappa shape index (κ3) is 4.13. The molecule has 2 heterocycles. The average molecular weight is 397 g/mol. The zero-order valence-corrected chi connectivity index (χ0v) is 17.2. The minimum atomic E-state index is -0.507. The number of para-hydroxylation sites is 1. The highest BCUT2D eigenvalue weighted by Crippen LogP contribution is 2.28. The number of fused-ring (bicyclic) bond motifs is 1. The fourth-order valence-corrected chi connectivity index (χ4v) is 3.80. The lowest BCUT2D eigenvalue weighted by Gasteiger charge is -2.39. The lowest BCUT2D eigenvalue weighted by Crippen LogP contribution is -2.53. The van der Waals surface area contributed by atoms with Gasteiger partial charge in [0.05, 0.1) is 12.3 Å². The van der Waals surface area contributed by atoms with Gasteiger partial charge in [0.2, 0.25) is 0 Å². The van der Waals surface area contributed by atoms with Crippen LogP contribution < -0.4 is 0 Å². The highest BCUT2D eigenvalue weighted by Gasteiger charge is 2.35. The maximum Gasteiger partial charge on any atom is 0.410 e. The molecule has 1 aromatic heterocycles. The quantitative estimate of drug-likeness (QED) is 0.740. The van der Waals surface area contributed by atoms with E-state index in [9.17, 15) is 9.59 Å². The summed E-state index contributed by atoms with van der Waals surface area (Å²) in [5.41, 5.74) is 2.97. The fraction of sp³-hybridized carbons (Fsp3) is 0.500. The third-order valence-corrected chi connectivity index (χ3v) is 5.18. The number of nitrogens with zero attached hydrogens (tertiary/aromatic N) is 3. The van der Waals surface area contributed by atoms with E-state index >= 15 is 0 Å². The smallest absolute Gasteiger partial charge is 0.410 e. The van der Waals surface area contributed by atoms with Gasteiger partial charge in [-0.1, -0.05) is 18.2 Å². The van der Waals surface area contributed by atoms with Crippen LogP contribution in [0, 0.1) is 5.92 Å². The van der Waals surface area contributed by atoms with Gasteiger partial charge in [-0.3, -0.25) is 0 Å². The van der Waals surface area contributed by atoms with Crippen LogP contribution in [0.5, 0.6) is 0 Å². The van der Waals surface area contributed by atoms with E-state index in [4.69, 9.17) is 9.47 Å². The molecule has 7 heteroatoms. The number of aromatic nitrogens is 2. The van der Waals surface area contributed by atoms with Crippen molar-refractivity contribution in [1.82, 2.24) is 14.7 Å². The number of amides is 1. The molecule has 0 unspecified atom stereocenters. The summed E-state index contributed by atoms with van der Waals surface area (Å²) < 4.78 is 12.8. The predicted molar refractivity (Wildman–Crippen MR) is 107 cm³/mol. The molecule has 2 aromatic rings. The molecule has 0 atom stereocenters. The summed E-state index contributed by atoms with van der Waals surface area (Å²) in [4.78, 5) is 26.3. The summed E-state index contributed by atoms with van der Waals surface area (Å²) in [6.45, 7) is 6.90. The molecule has 1 amide bonds. The summed E-state index contributed by atoms with van der Waals surface area (Å²) in [6, 6.07) is 9.86. The van der Waals surface area contributed by atoms with Crippen molar-refractivity contribution < 1.29 is 19.1 Å². The van der Waals surface area contributed by atoms with Crippen LogP contribution >= 0.6 is 0 Å². The van der Waals surface area contributed by atoms with Crippen molar-refractivity contribution in [1.29, 1.82) is 0 Å². The molecular formula is C22H27N3O4. The number of hydrogen-bond acceptors (Lipinski definition) is 5. The molecule has 1 saturated heterocycles. The monoisotopic (exact) mass is 397 g/mol. The molecule has 0 spiro atoms. The summed E-state index contributed by atoms with van der Waals surface area (Å²) in [5.74, 6) is -0.246. The van der Waals surface area contributed by atoms with Gasteiger partial charge >= 0.3 is 12.1 Å². The van der Waals surface area contributed by atoms with E-state index in [1.807, 2.05) is 55.8 Å². The first-order chi connectivity index (χ1) is 13.8. The summed E-state index contributed by atoms with van der Waals surface area (Å²) in [6.07, 6.45) is 2.47. The molecule has 1 aromatic carbocycles. The Labute approximate surface area is 170 Å². The minimum Gasteiger partial charge on any atom is -0.460 e. The van der Waals surface area contributed by atoms with Gasteiger partial charge in [0.25, 0.3) is 0 Å². The van der Waals surface area contributed by atoms with Crippen LogP contribution in [-0.4, -0.2) is 52.0 Å². The maximum atomic E-state index is 12.7. The van der Waals surface area contributed by atoms with Gasteiger partial charge < -0.3 is 14.4 Å². The lowest BCUT2D eigenvalue weighted by atomic mass is 10.0. The van der Waals surface area contributed by atoms with E-state index in [-0.39, 0.29) is 24.6 Å². The maximum absolute atomic E-state index is 12.7. The zero-order valence-electron chi connectivity index (χ0n) is 17.2. The highest BCUT2D eigenvalue weighted by molar-refractivity contribution is 5.89. The summed E-state index contributed by atoms with van der Waals surface area (Å²) >= 11 is 0. The standard InChI is InChI=1S/C22H27N3O4/c1-22(2,3)29-21(27)24-12-15(13-24)14-28-20(26)19-17-10-7-11-18(17)25(23-19)16-8-5-4-6-9-16/h4-6,8-9,15H,7,10-14H2,1-3H3. The van der Waals surface area contributed by atoms with Crippen LogP contribution in [0.1, 0.15) is 48.9 Å². The number of carbonyl (C=O) groups is 2. The van der Waals surface area contributed by atoms with Crippen LogP contribution in [-0.2, 0) is 22.3 Å². The Morgan fingerprint density at radius 3 is 2.55 bits per heavy atom. The number of rotatable bonds is 4. The molecule has 1 aliphatic carbocycles. The van der Waals surface area contributed by atoms with E-state index in [0.29, 0.717) is 18.8 Å². The van der Waals surface area contributed by atoms with Gasteiger partial charge in [0.1, 0.15) is 5.60 Å². The molecule has 4 rings (SSSR count). The van der Waals surface area contributed by atoms with Crippen molar-refractivity contribution in [2.45, 2.75) is 45.6 Å². The minimum absolute atomic E-state index is 0.135. The van der Waals surface area contributed by atoms with Crippen molar-refractivity contribution in [3.63, 3.8) is 0 Å². The van der Waals surface area contributed by atoms with E-state index < -0.39 is 5.60 Å². The Bertz CT molecular complexity index is 908. The number of ether oxygens (including phenoxy) is 2. The molecule has 7 nitrogen and oxygen atoms in total. The van der Waals surface area contributed by atoms with E-state index in [1.165, 1.54) is 0 Å². The first-order valence-corrected chi connectivity index (χ1v) is 10.1. The van der Waals surface area contributed by atoms with Gasteiger partial charge in [-0.25, -0.2) is 14.3 Å². The fourth-order valence-electron chi connectivity index (χ4n) is 3.80. The number of esters is 1. The van der Waals surface area contributed by atoms with Crippen LogP contribution in [0.3, 0.4) is 0 Å². The molecule has 154 valence electrons. The van der Waals surface area contributed by atoms with Gasteiger partial charge in [-0.15, -0.1) is 0 Å². The molecule has 2 aliphatic rings. The molecule has 1 aliphatic heterocycles. The predicted octanol–water partition coefficient (Wildman–Crippen LogP) is 3.38. The first kappa shape index (κ1) is 19.5. The second-order valence-electron chi connectivity index (χ2n) is 8.72. The molecule has 29 heavy (non-hydrogen) atoms. The van der Waals surface area contributed by atoms with Crippen molar-refractivity contribution in [2.24, 2.45) is 5.92 Å². The number of likely N-dealkylation sites (tertiary alicyclic amines) is 1. The number of carbonyl (C=O) groups excluding carboxylic acids is 2. The Kier molecular flexibility index (Phi) is 5.06. The van der Waals surface area contributed by atoms with Crippen LogP contribution in [0.15, 0.2) is 30.3 Å². The van der Waals surface area contributed by atoms with Crippen molar-refractivity contribution in [2.75, 3.05) is 19.7 Å². The van der Waals surface area contributed by atoms with Gasteiger partial charge in [0, 0.05) is 30.3 Å². The number of benzene rings is 1. The Morgan fingerprint density at radius 1 is 1.14 bits per heavy atom. The van der Waals surface area contributed by atoms with Crippen LogP contribution in [0.4, 0.5) is 4.79 Å².